The summed E-state index contributed by atoms with van der Waals surface area (Å²) in [6.07, 6.45) is 8.20. The normalized spacial score (nSPS) is 14.2. The first kappa shape index (κ1) is 17.0. The number of hydrogen-bond donors (Lipinski definition) is 1. The van der Waals surface area contributed by atoms with E-state index in [0.717, 1.165) is 37.9 Å². The van der Waals surface area contributed by atoms with Gasteiger partial charge in [-0.2, -0.15) is 0 Å². The van der Waals surface area contributed by atoms with E-state index >= 15 is 0 Å². The summed E-state index contributed by atoms with van der Waals surface area (Å²) in [5.41, 5.74) is 0.279. The van der Waals surface area contributed by atoms with Crippen LogP contribution < -0.4 is 15.1 Å². The second-order valence-corrected chi connectivity index (χ2v) is 6.04. The van der Waals surface area contributed by atoms with E-state index in [1.807, 2.05) is 6.07 Å². The molecule has 138 valence electrons. The Morgan fingerprint density at radius 1 is 1.00 bits per heavy atom. The molecular weight excluding hydrogens is 346 g/mol. The molecule has 1 amide bonds. The molecule has 0 aliphatic carbocycles. The zero-order valence-electron chi connectivity index (χ0n) is 14.7. The minimum Gasteiger partial charge on any atom is -0.467 e. The number of carbonyl (C=O) groups is 1. The van der Waals surface area contributed by atoms with Crippen molar-refractivity contribution in [2.75, 3.05) is 36.0 Å². The quantitative estimate of drug-likeness (QED) is 0.718. The maximum absolute atomic E-state index is 12.1. The van der Waals surface area contributed by atoms with Gasteiger partial charge in [0.15, 0.2) is 0 Å². The van der Waals surface area contributed by atoms with Gasteiger partial charge in [0, 0.05) is 38.6 Å². The molecule has 4 heterocycles. The van der Waals surface area contributed by atoms with Gasteiger partial charge in [-0.1, -0.05) is 0 Å². The van der Waals surface area contributed by atoms with E-state index in [2.05, 4.69) is 35.1 Å². The molecule has 3 aromatic heterocycles. The Balaban J connectivity index is 1.32. The van der Waals surface area contributed by atoms with Crippen LogP contribution in [-0.2, 0) is 6.54 Å². The molecule has 3 aromatic rings. The Morgan fingerprint density at radius 2 is 1.78 bits per heavy atom. The highest BCUT2D eigenvalue weighted by Gasteiger charge is 2.20. The van der Waals surface area contributed by atoms with Crippen LogP contribution in [0.2, 0.25) is 0 Å². The number of nitrogens with zero attached hydrogens (tertiary/aromatic N) is 6. The summed E-state index contributed by atoms with van der Waals surface area (Å²) in [5.74, 6) is 1.91. The monoisotopic (exact) mass is 365 g/mol. The number of piperazine rings is 1. The topological polar surface area (TPSA) is 100 Å². The van der Waals surface area contributed by atoms with Gasteiger partial charge in [0.2, 0.25) is 5.95 Å². The van der Waals surface area contributed by atoms with Crippen LogP contribution in [0.25, 0.3) is 0 Å². The van der Waals surface area contributed by atoms with Gasteiger partial charge >= 0.3 is 0 Å². The predicted octanol–water partition coefficient (Wildman–Crippen LogP) is 1.12. The number of nitrogens with one attached hydrogen (secondary N) is 1. The molecular formula is C18H19N7O2. The highest BCUT2D eigenvalue weighted by molar-refractivity contribution is 5.91. The molecule has 0 bridgehead atoms. The van der Waals surface area contributed by atoms with Gasteiger partial charge in [-0.3, -0.25) is 4.79 Å². The smallest absolute Gasteiger partial charge is 0.271 e. The van der Waals surface area contributed by atoms with E-state index in [-0.39, 0.29) is 11.6 Å². The van der Waals surface area contributed by atoms with E-state index in [0.29, 0.717) is 12.3 Å². The minimum atomic E-state index is -0.281. The molecule has 0 saturated carbocycles. The average Bonchev–Trinajstić information content (AvgIpc) is 3.27. The molecule has 1 aliphatic heterocycles. The molecule has 1 aliphatic rings. The van der Waals surface area contributed by atoms with E-state index < -0.39 is 0 Å². The van der Waals surface area contributed by atoms with Crippen molar-refractivity contribution in [2.45, 2.75) is 6.54 Å². The van der Waals surface area contributed by atoms with E-state index in [9.17, 15) is 4.79 Å². The van der Waals surface area contributed by atoms with E-state index in [4.69, 9.17) is 4.42 Å². The Kier molecular flexibility index (Phi) is 4.91. The number of rotatable bonds is 5. The van der Waals surface area contributed by atoms with Crippen molar-refractivity contribution < 1.29 is 9.21 Å². The molecule has 0 spiro atoms. The number of carbonyl (C=O) groups excluding carboxylic acids is 1. The van der Waals surface area contributed by atoms with Gasteiger partial charge < -0.3 is 19.5 Å². The van der Waals surface area contributed by atoms with Crippen LogP contribution in [0.3, 0.4) is 0 Å². The molecule has 1 N–H and O–H groups in total. The van der Waals surface area contributed by atoms with Crippen molar-refractivity contribution in [3.63, 3.8) is 0 Å². The van der Waals surface area contributed by atoms with Crippen LogP contribution in [0.1, 0.15) is 16.2 Å². The molecule has 1 saturated heterocycles. The third-order valence-electron chi connectivity index (χ3n) is 4.31. The summed E-state index contributed by atoms with van der Waals surface area (Å²) in [6.45, 7) is 3.50. The summed E-state index contributed by atoms with van der Waals surface area (Å²) in [6, 6.07) is 5.39. The lowest BCUT2D eigenvalue weighted by molar-refractivity contribution is 0.0942. The second kappa shape index (κ2) is 7.81. The number of anilines is 2. The van der Waals surface area contributed by atoms with Crippen LogP contribution in [0.15, 0.2) is 53.7 Å². The lowest BCUT2D eigenvalue weighted by atomic mass is 10.3. The van der Waals surface area contributed by atoms with E-state index in [1.54, 1.807) is 37.0 Å². The standard InChI is InChI=1S/C18H19N7O2/c26-17(23-11-14-3-1-10-27-14)15-12-22-16(13-21-15)24-6-8-25(9-7-24)18-19-4-2-5-20-18/h1-5,10,12-13H,6-9,11H2,(H,23,26). The van der Waals surface area contributed by atoms with Crippen molar-refractivity contribution in [1.82, 2.24) is 25.3 Å². The highest BCUT2D eigenvalue weighted by atomic mass is 16.3. The molecule has 1 fully saturated rings. The Morgan fingerprint density at radius 3 is 2.44 bits per heavy atom. The summed E-state index contributed by atoms with van der Waals surface area (Å²) in [5, 5.41) is 2.75. The zero-order chi connectivity index (χ0) is 18.5. The molecule has 4 rings (SSSR count). The van der Waals surface area contributed by atoms with Crippen molar-refractivity contribution in [3.8, 4) is 0 Å². The van der Waals surface area contributed by atoms with Gasteiger partial charge in [0.1, 0.15) is 17.3 Å². The van der Waals surface area contributed by atoms with Crippen molar-refractivity contribution in [3.05, 3.63) is 60.7 Å². The van der Waals surface area contributed by atoms with Gasteiger partial charge in [-0.25, -0.2) is 19.9 Å². The molecule has 0 atom stereocenters. The van der Waals surface area contributed by atoms with Gasteiger partial charge in [0.05, 0.1) is 25.2 Å². The Bertz CT molecular complexity index is 860. The van der Waals surface area contributed by atoms with Crippen molar-refractivity contribution >= 4 is 17.7 Å². The minimum absolute atomic E-state index is 0.279. The molecule has 0 unspecified atom stereocenters. The number of amides is 1. The lowest BCUT2D eigenvalue weighted by Crippen LogP contribution is -2.47. The SMILES string of the molecule is O=C(NCc1ccco1)c1cnc(N2CCN(c3ncccn3)CC2)cn1. The van der Waals surface area contributed by atoms with Crippen LogP contribution in [0, 0.1) is 0 Å². The van der Waals surface area contributed by atoms with Crippen molar-refractivity contribution in [1.29, 1.82) is 0 Å². The largest absolute Gasteiger partial charge is 0.467 e. The maximum atomic E-state index is 12.1. The first-order valence-electron chi connectivity index (χ1n) is 8.69. The second-order valence-electron chi connectivity index (χ2n) is 6.04. The van der Waals surface area contributed by atoms with Crippen LogP contribution in [0.4, 0.5) is 11.8 Å². The third-order valence-corrected chi connectivity index (χ3v) is 4.31. The first-order chi connectivity index (χ1) is 13.3. The van der Waals surface area contributed by atoms with Crippen LogP contribution in [-0.4, -0.2) is 52.0 Å². The molecule has 0 radical (unpaired) electrons. The van der Waals surface area contributed by atoms with Crippen LogP contribution in [0.5, 0.6) is 0 Å². The lowest BCUT2D eigenvalue weighted by Gasteiger charge is -2.35. The molecule has 27 heavy (non-hydrogen) atoms. The summed E-state index contributed by atoms with van der Waals surface area (Å²) < 4.78 is 5.19. The number of aromatic nitrogens is 4. The highest BCUT2D eigenvalue weighted by Crippen LogP contribution is 2.15. The Labute approximate surface area is 156 Å². The summed E-state index contributed by atoms with van der Waals surface area (Å²) in [7, 11) is 0. The van der Waals surface area contributed by atoms with Gasteiger partial charge in [-0.15, -0.1) is 0 Å². The molecule has 9 heteroatoms. The summed E-state index contributed by atoms with van der Waals surface area (Å²) in [4.78, 5) is 33.6. The zero-order valence-corrected chi connectivity index (χ0v) is 14.7. The summed E-state index contributed by atoms with van der Waals surface area (Å²) >= 11 is 0. The van der Waals surface area contributed by atoms with Crippen LogP contribution >= 0.6 is 0 Å². The average molecular weight is 365 g/mol. The first-order valence-corrected chi connectivity index (χ1v) is 8.69. The predicted molar refractivity (Wildman–Crippen MR) is 98.4 cm³/mol. The Hall–Kier alpha value is -3.49. The molecule has 0 aromatic carbocycles. The fraction of sp³-hybridized carbons (Fsp3) is 0.278. The van der Waals surface area contributed by atoms with E-state index in [1.165, 1.54) is 6.20 Å². The van der Waals surface area contributed by atoms with Gasteiger partial charge in [0.25, 0.3) is 5.91 Å². The number of furan rings is 1. The maximum Gasteiger partial charge on any atom is 0.271 e. The molecule has 9 nitrogen and oxygen atoms in total. The third kappa shape index (κ3) is 4.02. The van der Waals surface area contributed by atoms with Crippen molar-refractivity contribution in [2.24, 2.45) is 0 Å². The van der Waals surface area contributed by atoms with Gasteiger partial charge in [-0.05, 0) is 18.2 Å². The fourth-order valence-corrected chi connectivity index (χ4v) is 2.86. The number of hydrogen-bond acceptors (Lipinski definition) is 8. The fourth-order valence-electron chi connectivity index (χ4n) is 2.86.